The van der Waals surface area contributed by atoms with Gasteiger partial charge in [0.25, 0.3) is 0 Å². The van der Waals surface area contributed by atoms with Gasteiger partial charge in [-0.2, -0.15) is 0 Å². The Kier molecular flexibility index (Phi) is 6.65. The Morgan fingerprint density at radius 3 is 1.89 bits per heavy atom. The molecule has 0 heterocycles. The van der Waals surface area contributed by atoms with Gasteiger partial charge in [-0.05, 0) is 61.9 Å². The molecule has 0 fully saturated rings. The molecule has 6 heteroatoms. The van der Waals surface area contributed by atoms with E-state index >= 15 is 0 Å². The number of allylic oxidation sites excluding steroid dienone is 3. The Morgan fingerprint density at radius 1 is 0.893 bits per heavy atom. The van der Waals surface area contributed by atoms with Crippen molar-refractivity contribution in [2.45, 2.75) is 23.1 Å². The molecule has 0 N–H and O–H groups in total. The molecule has 2 aromatic carbocycles. The molecule has 0 aliphatic heterocycles. The first-order chi connectivity index (χ1) is 13.5. The summed E-state index contributed by atoms with van der Waals surface area (Å²) in [4.78, 5) is 27.1. The number of carbonyl (C=O) groups excluding carboxylic acids is 2. The van der Waals surface area contributed by atoms with E-state index in [0.717, 1.165) is 15.4 Å². The largest absolute Gasteiger partial charge is 0.426 e. The van der Waals surface area contributed by atoms with Crippen LogP contribution in [0.4, 0.5) is 0 Å². The molecule has 0 saturated carbocycles. The normalized spacial score (nSPS) is 20.0. The Balaban J connectivity index is 1.78. The topological polar surface area (TPSA) is 52.6 Å². The van der Waals surface area contributed by atoms with E-state index < -0.39 is 23.8 Å². The van der Waals surface area contributed by atoms with Crippen molar-refractivity contribution in [2.75, 3.05) is 0 Å². The van der Waals surface area contributed by atoms with E-state index in [2.05, 4.69) is 25.3 Å². The molecule has 2 aromatic rings. The van der Waals surface area contributed by atoms with Gasteiger partial charge >= 0.3 is 11.9 Å². The van der Waals surface area contributed by atoms with Crippen molar-refractivity contribution >= 4 is 37.2 Å². The molecule has 2 atom stereocenters. The van der Waals surface area contributed by atoms with Crippen LogP contribution in [0.5, 0.6) is 11.5 Å². The van der Waals surface area contributed by atoms with Crippen LogP contribution in [0.1, 0.15) is 13.3 Å². The van der Waals surface area contributed by atoms with Gasteiger partial charge in [0.15, 0.2) is 0 Å². The minimum Gasteiger partial charge on any atom is -0.426 e. The van der Waals surface area contributed by atoms with Crippen LogP contribution in [0.25, 0.3) is 0 Å². The fourth-order valence-electron chi connectivity index (χ4n) is 2.90. The summed E-state index contributed by atoms with van der Waals surface area (Å²) in [5.41, 5.74) is 0.969. The molecule has 28 heavy (non-hydrogen) atoms. The van der Waals surface area contributed by atoms with Gasteiger partial charge in [0.05, 0.1) is 11.8 Å². The van der Waals surface area contributed by atoms with Crippen LogP contribution in [0, 0.1) is 11.8 Å². The monoisotopic (exact) mass is 412 g/mol. The quantitative estimate of drug-likeness (QED) is 0.425. The number of ether oxygens (including phenoxy) is 2. The molecule has 1 aliphatic rings. The second kappa shape index (κ2) is 9.17. The second-order valence-corrected chi connectivity index (χ2v) is 7.42. The number of thiol groups is 2. The van der Waals surface area contributed by atoms with E-state index in [1.807, 2.05) is 19.1 Å². The number of carbonyl (C=O) groups is 2. The zero-order chi connectivity index (χ0) is 20.1. The van der Waals surface area contributed by atoms with Crippen LogP contribution in [-0.4, -0.2) is 11.9 Å². The van der Waals surface area contributed by atoms with Gasteiger partial charge in [0.2, 0.25) is 0 Å². The minimum absolute atomic E-state index is 0.407. The van der Waals surface area contributed by atoms with Crippen LogP contribution in [-0.2, 0) is 9.59 Å². The Morgan fingerprint density at radius 2 is 1.39 bits per heavy atom. The molecule has 0 aromatic heterocycles. The molecule has 0 amide bonds. The maximum Gasteiger partial charge on any atom is 0.319 e. The molecule has 0 bridgehead atoms. The lowest BCUT2D eigenvalue weighted by Crippen LogP contribution is -2.35. The van der Waals surface area contributed by atoms with Gasteiger partial charge in [0, 0.05) is 9.79 Å². The maximum atomic E-state index is 12.8. The highest BCUT2D eigenvalue weighted by Gasteiger charge is 2.37. The van der Waals surface area contributed by atoms with Crippen LogP contribution in [0.15, 0.2) is 82.1 Å². The second-order valence-electron chi connectivity index (χ2n) is 6.39. The van der Waals surface area contributed by atoms with Crippen molar-refractivity contribution in [2.24, 2.45) is 11.8 Å². The zero-order valence-electron chi connectivity index (χ0n) is 15.2. The molecule has 3 rings (SSSR count). The Labute approximate surface area is 175 Å². The highest BCUT2D eigenvalue weighted by atomic mass is 32.1. The third-order valence-corrected chi connectivity index (χ3v) is 5.06. The first kappa shape index (κ1) is 20.3. The zero-order valence-corrected chi connectivity index (χ0v) is 17.0. The smallest absolute Gasteiger partial charge is 0.319 e. The Hall–Kier alpha value is -2.44. The van der Waals surface area contributed by atoms with Crippen LogP contribution < -0.4 is 9.47 Å². The summed E-state index contributed by atoms with van der Waals surface area (Å²) >= 11 is 8.44. The molecule has 1 aliphatic carbocycles. The summed E-state index contributed by atoms with van der Waals surface area (Å²) < 4.78 is 11.0. The molecule has 0 radical (unpaired) electrons. The third kappa shape index (κ3) is 5.09. The van der Waals surface area contributed by atoms with Crippen LogP contribution in [0.2, 0.25) is 0 Å². The lowest BCUT2D eigenvalue weighted by atomic mass is 9.81. The summed E-state index contributed by atoms with van der Waals surface area (Å²) in [6.45, 7) is 1.89. The predicted molar refractivity (Wildman–Crippen MR) is 113 cm³/mol. The molecule has 4 nitrogen and oxygen atoms in total. The lowest BCUT2D eigenvalue weighted by Gasteiger charge is -2.25. The van der Waals surface area contributed by atoms with Gasteiger partial charge in [-0.25, -0.2) is 0 Å². The molecule has 144 valence electrons. The number of benzene rings is 2. The summed E-state index contributed by atoms with van der Waals surface area (Å²) in [5.74, 6) is -1.53. The van der Waals surface area contributed by atoms with E-state index in [0.29, 0.717) is 17.9 Å². The standard InChI is InChI=1S/C22H20O4S2/c1-2-14-3-12-19(21(23)25-15-4-8-17(27)9-5-15)20(13-14)22(24)26-16-6-10-18(28)11-7-16/h2-12,19-20,27-28H,13H2,1H3/b14-2-. The van der Waals surface area contributed by atoms with E-state index in [-0.39, 0.29) is 0 Å². The highest BCUT2D eigenvalue weighted by molar-refractivity contribution is 7.80. The highest BCUT2D eigenvalue weighted by Crippen LogP contribution is 2.31. The van der Waals surface area contributed by atoms with Crippen molar-refractivity contribution in [3.05, 3.63) is 72.3 Å². The van der Waals surface area contributed by atoms with Crippen molar-refractivity contribution in [1.82, 2.24) is 0 Å². The average Bonchev–Trinajstić information content (AvgIpc) is 2.71. The SMILES string of the molecule is C/C=C1/C=CC(C(=O)Oc2ccc(S)cc2)C(C(=O)Oc2ccc(S)cc2)C1. The molecular formula is C22H20O4S2. The maximum absolute atomic E-state index is 12.8. The minimum atomic E-state index is -0.726. The summed E-state index contributed by atoms with van der Waals surface area (Å²) in [6.07, 6.45) is 5.88. The Bertz CT molecular complexity index is 915. The molecule has 0 spiro atoms. The molecular weight excluding hydrogens is 392 g/mol. The van der Waals surface area contributed by atoms with E-state index in [4.69, 9.17) is 9.47 Å². The van der Waals surface area contributed by atoms with Gasteiger partial charge in [0.1, 0.15) is 11.5 Å². The van der Waals surface area contributed by atoms with Crippen molar-refractivity contribution in [1.29, 1.82) is 0 Å². The van der Waals surface area contributed by atoms with Crippen molar-refractivity contribution < 1.29 is 19.1 Å². The molecule has 0 saturated heterocycles. The predicted octanol–water partition coefficient (Wildman–Crippen LogP) is 4.91. The van der Waals surface area contributed by atoms with Gasteiger partial charge < -0.3 is 9.47 Å². The average molecular weight is 413 g/mol. The van der Waals surface area contributed by atoms with Crippen molar-refractivity contribution in [3.8, 4) is 11.5 Å². The number of rotatable bonds is 4. The first-order valence-corrected chi connectivity index (χ1v) is 9.70. The summed E-state index contributed by atoms with van der Waals surface area (Å²) in [6, 6.07) is 13.6. The summed E-state index contributed by atoms with van der Waals surface area (Å²) in [7, 11) is 0. The van der Waals surface area contributed by atoms with E-state index in [1.54, 1.807) is 54.6 Å². The van der Waals surface area contributed by atoms with Crippen LogP contribution in [0.3, 0.4) is 0 Å². The van der Waals surface area contributed by atoms with Gasteiger partial charge in [-0.3, -0.25) is 9.59 Å². The van der Waals surface area contributed by atoms with Gasteiger partial charge in [-0.1, -0.05) is 23.8 Å². The van der Waals surface area contributed by atoms with E-state index in [9.17, 15) is 9.59 Å². The number of esters is 2. The fraction of sp³-hybridized carbons (Fsp3) is 0.182. The van der Waals surface area contributed by atoms with Crippen molar-refractivity contribution in [3.63, 3.8) is 0 Å². The van der Waals surface area contributed by atoms with E-state index in [1.165, 1.54) is 0 Å². The fourth-order valence-corrected chi connectivity index (χ4v) is 3.20. The lowest BCUT2D eigenvalue weighted by molar-refractivity contribution is -0.148. The summed E-state index contributed by atoms with van der Waals surface area (Å²) in [5, 5.41) is 0. The number of hydrogen-bond acceptors (Lipinski definition) is 6. The first-order valence-electron chi connectivity index (χ1n) is 8.81. The molecule has 2 unspecified atom stereocenters. The number of hydrogen-bond donors (Lipinski definition) is 2. The third-order valence-electron chi connectivity index (χ3n) is 4.46. The van der Waals surface area contributed by atoms with Crippen LogP contribution >= 0.6 is 25.3 Å². The van der Waals surface area contributed by atoms with Gasteiger partial charge in [-0.15, -0.1) is 25.3 Å².